The molecule has 0 radical (unpaired) electrons. The SMILES string of the molecule is CC(C)OC[C@H](N[P+](=O)Oc1ccccc1CCC(=O)OC(C)C)C(=O)OC[C@H]1O[C@H](Cc2cnc(=O)[nH]c2NOCc2ccccc2)[C@H]2OC(=O)O[C@@H]21. The summed E-state index contributed by atoms with van der Waals surface area (Å²) in [6.45, 7) is 6.71. The molecule has 17 nitrogen and oxygen atoms in total. The fraction of sp³-hybridized carbons (Fsp3) is 0.472. The first-order chi connectivity index (χ1) is 25.9. The summed E-state index contributed by atoms with van der Waals surface area (Å²) in [6.07, 6.45) is -3.08. The van der Waals surface area contributed by atoms with E-state index in [1.54, 1.807) is 52.0 Å². The summed E-state index contributed by atoms with van der Waals surface area (Å²) in [5, 5.41) is 2.64. The van der Waals surface area contributed by atoms with Crippen LogP contribution in [0.2, 0.25) is 0 Å². The molecule has 3 aromatic rings. The Bertz CT molecular complexity index is 1810. The van der Waals surface area contributed by atoms with Crippen LogP contribution in [0.15, 0.2) is 65.6 Å². The fourth-order valence-electron chi connectivity index (χ4n) is 5.60. The van der Waals surface area contributed by atoms with Gasteiger partial charge in [0.1, 0.15) is 24.6 Å². The fourth-order valence-corrected chi connectivity index (χ4v) is 6.44. The summed E-state index contributed by atoms with van der Waals surface area (Å²) < 4.78 is 52.2. The van der Waals surface area contributed by atoms with Crippen molar-refractivity contribution in [1.82, 2.24) is 15.1 Å². The van der Waals surface area contributed by atoms with Crippen LogP contribution in [0.5, 0.6) is 5.75 Å². The number of aryl methyl sites for hydroxylation is 1. The van der Waals surface area contributed by atoms with Gasteiger partial charge in [-0.2, -0.15) is 0 Å². The Morgan fingerprint density at radius 1 is 0.944 bits per heavy atom. The Kier molecular flexibility index (Phi) is 14.5. The lowest BCUT2D eigenvalue weighted by atomic mass is 10.0. The molecule has 1 unspecified atom stereocenters. The highest BCUT2D eigenvalue weighted by Gasteiger charge is 2.54. The molecule has 6 atom stereocenters. The summed E-state index contributed by atoms with van der Waals surface area (Å²) in [4.78, 5) is 61.7. The molecule has 54 heavy (non-hydrogen) atoms. The zero-order valence-electron chi connectivity index (χ0n) is 30.3. The summed E-state index contributed by atoms with van der Waals surface area (Å²) >= 11 is 0. The van der Waals surface area contributed by atoms with Gasteiger partial charge < -0.3 is 28.4 Å². The van der Waals surface area contributed by atoms with Crippen LogP contribution in [0, 0.1) is 0 Å². The largest absolute Gasteiger partial charge is 0.664 e. The lowest BCUT2D eigenvalue weighted by Crippen LogP contribution is -2.41. The first kappa shape index (κ1) is 40.3. The average molecular weight is 772 g/mol. The van der Waals surface area contributed by atoms with Gasteiger partial charge in [0, 0.05) is 34.7 Å². The van der Waals surface area contributed by atoms with Crippen molar-refractivity contribution in [3.63, 3.8) is 0 Å². The predicted octanol–water partition coefficient (Wildman–Crippen LogP) is 4.07. The number of benzene rings is 2. The molecule has 2 aliphatic rings. The second-order valence-corrected chi connectivity index (χ2v) is 13.9. The first-order valence-electron chi connectivity index (χ1n) is 17.4. The molecular formula is C36H44N4O13P+. The maximum absolute atomic E-state index is 13.4. The van der Waals surface area contributed by atoms with Crippen LogP contribution < -0.4 is 20.8 Å². The minimum Gasteiger partial charge on any atom is -0.463 e. The van der Waals surface area contributed by atoms with Crippen LogP contribution in [0.3, 0.4) is 0 Å². The molecular weight excluding hydrogens is 727 g/mol. The van der Waals surface area contributed by atoms with Crippen LogP contribution >= 0.6 is 8.18 Å². The number of aromatic nitrogens is 2. The molecule has 0 amide bonds. The number of hydrogen-bond donors (Lipinski definition) is 3. The Hall–Kier alpha value is -4.93. The number of carbonyl (C=O) groups is 3. The summed E-state index contributed by atoms with van der Waals surface area (Å²) in [7, 11) is -2.68. The molecule has 0 bridgehead atoms. The standard InChI is InChI=1S/C36H43N4O13P/c1-21(2)46-19-26(40-54(45)53-27-13-9-8-12-24(27)14-15-30(41)49-22(3)4)34(42)47-20-29-32-31(51-36(44)52-32)28(50-29)16-25-17-37-35(43)38-33(25)39-48-18-23-10-6-5-7-11-23/h5-13,17,21-22,26,28-29,31-32H,14-16,18-20H2,1-4H3,(H2-,37,38,39,40,43,45)/p+1/t26-,28+,29+,31+,32+/m0/s1. The number of fused-ring (bicyclic) bond motifs is 1. The van der Waals surface area contributed by atoms with Crippen molar-refractivity contribution in [3.8, 4) is 5.75 Å². The Morgan fingerprint density at radius 3 is 2.41 bits per heavy atom. The maximum Gasteiger partial charge on any atom is 0.664 e. The van der Waals surface area contributed by atoms with Crippen molar-refractivity contribution in [2.75, 3.05) is 18.7 Å². The van der Waals surface area contributed by atoms with Gasteiger partial charge >= 0.3 is 32.0 Å². The third kappa shape index (κ3) is 11.8. The number of H-pyrrole nitrogens is 1. The van der Waals surface area contributed by atoms with Crippen molar-refractivity contribution in [2.24, 2.45) is 0 Å². The van der Waals surface area contributed by atoms with Gasteiger partial charge in [-0.15, -0.1) is 0 Å². The predicted molar refractivity (Wildman–Crippen MR) is 190 cm³/mol. The van der Waals surface area contributed by atoms with Gasteiger partial charge in [-0.1, -0.05) is 53.6 Å². The molecule has 2 aromatic carbocycles. The number of carbonyl (C=O) groups excluding carboxylic acids is 3. The van der Waals surface area contributed by atoms with E-state index in [1.807, 2.05) is 30.3 Å². The quantitative estimate of drug-likeness (QED) is 0.0639. The average Bonchev–Trinajstić information content (AvgIpc) is 3.67. The number of aromatic amines is 1. The van der Waals surface area contributed by atoms with E-state index in [9.17, 15) is 23.7 Å². The Labute approximate surface area is 312 Å². The van der Waals surface area contributed by atoms with Crippen molar-refractivity contribution < 1.29 is 56.7 Å². The van der Waals surface area contributed by atoms with Gasteiger partial charge in [-0.05, 0) is 45.7 Å². The second-order valence-electron chi connectivity index (χ2n) is 13.0. The highest BCUT2D eigenvalue weighted by Crippen LogP contribution is 2.35. The minimum atomic E-state index is -2.68. The third-order valence-electron chi connectivity index (χ3n) is 8.09. The Morgan fingerprint density at radius 2 is 1.67 bits per heavy atom. The molecule has 290 valence electrons. The molecule has 0 spiro atoms. The van der Waals surface area contributed by atoms with Crippen LogP contribution in [0.25, 0.3) is 0 Å². The lowest BCUT2D eigenvalue weighted by Gasteiger charge is -2.19. The van der Waals surface area contributed by atoms with Gasteiger partial charge in [0.25, 0.3) is 0 Å². The van der Waals surface area contributed by atoms with Gasteiger partial charge in [-0.3, -0.25) is 24.9 Å². The number of nitrogens with zero attached hydrogens (tertiary/aromatic N) is 1. The van der Waals surface area contributed by atoms with Crippen molar-refractivity contribution in [2.45, 2.75) is 96.2 Å². The van der Waals surface area contributed by atoms with Gasteiger partial charge in [0.2, 0.25) is 0 Å². The van der Waals surface area contributed by atoms with E-state index < -0.39 is 56.5 Å². The minimum absolute atomic E-state index is 0.0925. The van der Waals surface area contributed by atoms with Crippen LogP contribution in [-0.2, 0) is 66.9 Å². The number of nitrogens with one attached hydrogen (secondary N) is 3. The second kappa shape index (κ2) is 19.4. The number of anilines is 1. The molecule has 18 heteroatoms. The van der Waals surface area contributed by atoms with Crippen molar-refractivity contribution in [3.05, 3.63) is 88.0 Å². The maximum atomic E-state index is 13.4. The number of rotatable bonds is 20. The molecule has 5 rings (SSSR count). The number of hydrogen-bond acceptors (Lipinski definition) is 15. The first-order valence-corrected chi connectivity index (χ1v) is 18.6. The topological polar surface area (TPSA) is 212 Å². The summed E-state index contributed by atoms with van der Waals surface area (Å²) in [5.74, 6) is -0.706. The number of ether oxygens (including phenoxy) is 6. The van der Waals surface area contributed by atoms with Crippen molar-refractivity contribution in [1.29, 1.82) is 0 Å². The monoisotopic (exact) mass is 771 g/mol. The van der Waals surface area contributed by atoms with Gasteiger partial charge in [0.15, 0.2) is 24.0 Å². The van der Waals surface area contributed by atoms with E-state index in [0.717, 1.165) is 5.56 Å². The van der Waals surface area contributed by atoms with Gasteiger partial charge in [-0.25, -0.2) is 19.1 Å². The molecule has 3 N–H and O–H groups in total. The van der Waals surface area contributed by atoms with E-state index in [-0.39, 0.29) is 68.8 Å². The molecule has 2 fully saturated rings. The van der Waals surface area contributed by atoms with E-state index in [4.69, 9.17) is 37.8 Å². The lowest BCUT2D eigenvalue weighted by molar-refractivity contribution is -0.153. The van der Waals surface area contributed by atoms with Crippen molar-refractivity contribution >= 4 is 32.1 Å². The van der Waals surface area contributed by atoms with E-state index in [0.29, 0.717) is 11.1 Å². The normalized spacial score (nSPS) is 19.8. The molecule has 2 saturated heterocycles. The smallest absolute Gasteiger partial charge is 0.463 e. The summed E-state index contributed by atoms with van der Waals surface area (Å²) in [5.41, 5.74) is 4.14. The molecule has 0 aliphatic carbocycles. The number of para-hydroxylation sites is 1. The highest BCUT2D eigenvalue weighted by atomic mass is 31.1. The van der Waals surface area contributed by atoms with E-state index >= 15 is 0 Å². The van der Waals surface area contributed by atoms with Gasteiger partial charge in [0.05, 0.1) is 25.4 Å². The molecule has 1 aromatic heterocycles. The molecule has 0 saturated carbocycles. The van der Waals surface area contributed by atoms with Crippen LogP contribution in [0.1, 0.15) is 50.8 Å². The third-order valence-corrected chi connectivity index (χ3v) is 8.97. The zero-order chi connectivity index (χ0) is 38.6. The number of esters is 2. The zero-order valence-corrected chi connectivity index (χ0v) is 31.2. The van der Waals surface area contributed by atoms with Crippen LogP contribution in [0.4, 0.5) is 10.6 Å². The van der Waals surface area contributed by atoms with E-state index in [2.05, 4.69) is 20.5 Å². The highest BCUT2D eigenvalue weighted by molar-refractivity contribution is 7.37. The molecule has 3 heterocycles. The van der Waals surface area contributed by atoms with Crippen LogP contribution in [-0.4, -0.2) is 83.9 Å². The Balaban J connectivity index is 1.19. The van der Waals surface area contributed by atoms with E-state index in [1.165, 1.54) is 6.20 Å². The molecule has 2 aliphatic heterocycles. The summed E-state index contributed by atoms with van der Waals surface area (Å²) in [6, 6.07) is 15.0.